The summed E-state index contributed by atoms with van der Waals surface area (Å²) in [5.41, 5.74) is 6.13. The lowest BCUT2D eigenvalue weighted by molar-refractivity contribution is 0.0694. The number of ether oxygens (including phenoxy) is 2. The van der Waals surface area contributed by atoms with E-state index in [4.69, 9.17) is 15.2 Å². The van der Waals surface area contributed by atoms with Gasteiger partial charge in [0.25, 0.3) is 0 Å². The Bertz CT molecular complexity index is 704. The summed E-state index contributed by atoms with van der Waals surface area (Å²) in [5.74, 6) is 0.144. The van der Waals surface area contributed by atoms with Crippen LogP contribution in [0.1, 0.15) is 10.4 Å². The van der Waals surface area contributed by atoms with E-state index in [0.717, 1.165) is 0 Å². The van der Waals surface area contributed by atoms with Gasteiger partial charge in [0.2, 0.25) is 0 Å². The molecule has 0 saturated carbocycles. The van der Waals surface area contributed by atoms with Gasteiger partial charge in [-0.25, -0.2) is 4.79 Å². The zero-order valence-electron chi connectivity index (χ0n) is 10.9. The molecule has 0 radical (unpaired) electrons. The Labute approximate surface area is 137 Å². The Hall–Kier alpha value is -1.73. The van der Waals surface area contributed by atoms with Crippen LogP contribution in [0.4, 0.5) is 5.69 Å². The normalized spacial score (nSPS) is 10.2. The molecule has 0 aliphatic rings. The molecule has 0 spiro atoms. The summed E-state index contributed by atoms with van der Waals surface area (Å²) in [6, 6.07) is 7.77. The quantitative estimate of drug-likeness (QED) is 0.726. The molecule has 0 aliphatic heterocycles. The summed E-state index contributed by atoms with van der Waals surface area (Å²) in [6.45, 7) is 0. The molecule has 0 aliphatic carbocycles. The van der Waals surface area contributed by atoms with Gasteiger partial charge in [0.1, 0.15) is 22.8 Å². The van der Waals surface area contributed by atoms with E-state index in [9.17, 15) is 9.90 Å². The van der Waals surface area contributed by atoms with Gasteiger partial charge in [-0.2, -0.15) is 0 Å². The number of rotatable bonds is 4. The third-order valence-corrected chi connectivity index (χ3v) is 3.90. The molecule has 0 aromatic heterocycles. The highest BCUT2D eigenvalue weighted by Gasteiger charge is 2.15. The zero-order chi connectivity index (χ0) is 15.6. The van der Waals surface area contributed by atoms with Crippen molar-refractivity contribution in [1.82, 2.24) is 0 Å². The molecule has 7 heteroatoms. The van der Waals surface area contributed by atoms with Crippen LogP contribution in [0.15, 0.2) is 39.3 Å². The smallest absolute Gasteiger partial charge is 0.339 e. The van der Waals surface area contributed by atoms with Crippen LogP contribution in [-0.4, -0.2) is 18.2 Å². The highest BCUT2D eigenvalue weighted by atomic mass is 79.9. The monoisotopic (exact) mass is 415 g/mol. The van der Waals surface area contributed by atoms with Gasteiger partial charge < -0.3 is 20.3 Å². The van der Waals surface area contributed by atoms with Crippen molar-refractivity contribution >= 4 is 43.5 Å². The van der Waals surface area contributed by atoms with Gasteiger partial charge in [0.05, 0.1) is 16.1 Å². The second-order valence-corrected chi connectivity index (χ2v) is 5.79. The first kappa shape index (κ1) is 15.7. The number of anilines is 1. The molecular formula is C14H11Br2NO4. The van der Waals surface area contributed by atoms with Crippen molar-refractivity contribution in [3.05, 3.63) is 44.8 Å². The van der Waals surface area contributed by atoms with E-state index < -0.39 is 5.97 Å². The first-order valence-corrected chi connectivity index (χ1v) is 7.34. The molecule has 110 valence electrons. The molecule has 5 nitrogen and oxygen atoms in total. The Morgan fingerprint density at radius 2 is 1.71 bits per heavy atom. The molecule has 0 fully saturated rings. The van der Waals surface area contributed by atoms with Crippen LogP contribution in [0.5, 0.6) is 17.2 Å². The van der Waals surface area contributed by atoms with Gasteiger partial charge in [-0.15, -0.1) is 0 Å². The van der Waals surface area contributed by atoms with Gasteiger partial charge in [0.15, 0.2) is 0 Å². The molecule has 3 N–H and O–H groups in total. The number of carboxylic acid groups (broad SMARTS) is 1. The average Bonchev–Trinajstić information content (AvgIpc) is 2.42. The Morgan fingerprint density at radius 3 is 2.33 bits per heavy atom. The number of hydrogen-bond donors (Lipinski definition) is 2. The molecule has 2 aromatic carbocycles. The van der Waals surface area contributed by atoms with Crippen molar-refractivity contribution < 1.29 is 19.4 Å². The van der Waals surface area contributed by atoms with Crippen molar-refractivity contribution in [3.63, 3.8) is 0 Å². The fourth-order valence-electron chi connectivity index (χ4n) is 1.66. The lowest BCUT2D eigenvalue weighted by Gasteiger charge is -2.13. The number of nitrogen functional groups attached to an aromatic ring is 1. The molecule has 0 heterocycles. The van der Waals surface area contributed by atoms with Gasteiger partial charge in [-0.1, -0.05) is 0 Å². The number of carboxylic acids is 1. The maximum atomic E-state index is 11.2. The minimum atomic E-state index is -1.09. The molecule has 0 saturated heterocycles. The number of benzene rings is 2. The van der Waals surface area contributed by atoms with Crippen LogP contribution >= 0.6 is 31.9 Å². The summed E-state index contributed by atoms with van der Waals surface area (Å²) in [4.78, 5) is 11.2. The number of carbonyl (C=O) groups is 1. The second-order valence-electron chi connectivity index (χ2n) is 4.08. The van der Waals surface area contributed by atoms with E-state index in [-0.39, 0.29) is 11.3 Å². The Kier molecular flexibility index (Phi) is 4.74. The average molecular weight is 417 g/mol. The number of methoxy groups -OCH3 is 1. The summed E-state index contributed by atoms with van der Waals surface area (Å²) in [7, 11) is 1.55. The van der Waals surface area contributed by atoms with Crippen LogP contribution in [-0.2, 0) is 0 Å². The van der Waals surface area contributed by atoms with E-state index in [1.807, 2.05) is 0 Å². The van der Waals surface area contributed by atoms with Crippen LogP contribution < -0.4 is 15.2 Å². The topological polar surface area (TPSA) is 81.8 Å². The summed E-state index contributed by atoms with van der Waals surface area (Å²) in [5, 5.41) is 9.18. The second kappa shape index (κ2) is 6.36. The van der Waals surface area contributed by atoms with E-state index in [1.165, 1.54) is 18.2 Å². The summed E-state index contributed by atoms with van der Waals surface area (Å²) < 4.78 is 12.1. The fraction of sp³-hybridized carbons (Fsp3) is 0.0714. The molecule has 2 aromatic rings. The van der Waals surface area contributed by atoms with Crippen LogP contribution in [0.2, 0.25) is 0 Å². The summed E-state index contributed by atoms with van der Waals surface area (Å²) in [6.07, 6.45) is 0. The largest absolute Gasteiger partial charge is 0.496 e. The van der Waals surface area contributed by atoms with Gasteiger partial charge in [-0.3, -0.25) is 0 Å². The zero-order valence-corrected chi connectivity index (χ0v) is 14.1. The molecular weight excluding hydrogens is 406 g/mol. The Balaban J connectivity index is 2.45. The highest BCUT2D eigenvalue weighted by molar-refractivity contribution is 9.11. The third-order valence-electron chi connectivity index (χ3n) is 2.66. The van der Waals surface area contributed by atoms with Crippen molar-refractivity contribution in [2.45, 2.75) is 0 Å². The first-order valence-electron chi connectivity index (χ1n) is 5.76. The number of aromatic carboxylic acids is 1. The summed E-state index contributed by atoms with van der Waals surface area (Å²) >= 11 is 6.71. The van der Waals surface area contributed by atoms with Crippen molar-refractivity contribution in [2.75, 3.05) is 12.8 Å². The minimum absolute atomic E-state index is 0.0306. The van der Waals surface area contributed by atoms with Crippen LogP contribution in [0, 0.1) is 0 Å². The molecule has 2 rings (SSSR count). The van der Waals surface area contributed by atoms with Gasteiger partial charge >= 0.3 is 5.97 Å². The molecule has 21 heavy (non-hydrogen) atoms. The number of nitrogens with two attached hydrogens (primary N) is 1. The predicted octanol–water partition coefficient (Wildman–Crippen LogP) is 4.29. The fourth-order valence-corrected chi connectivity index (χ4v) is 2.55. The lowest BCUT2D eigenvalue weighted by Crippen LogP contribution is -2.01. The van der Waals surface area contributed by atoms with Gasteiger partial charge in [0, 0.05) is 11.8 Å². The number of hydrogen-bond acceptors (Lipinski definition) is 4. The Morgan fingerprint density at radius 1 is 1.10 bits per heavy atom. The maximum Gasteiger partial charge on any atom is 0.339 e. The lowest BCUT2D eigenvalue weighted by atomic mass is 10.2. The van der Waals surface area contributed by atoms with Crippen LogP contribution in [0.3, 0.4) is 0 Å². The van der Waals surface area contributed by atoms with Crippen molar-refractivity contribution in [1.29, 1.82) is 0 Å². The van der Waals surface area contributed by atoms with E-state index in [0.29, 0.717) is 26.1 Å². The van der Waals surface area contributed by atoms with Crippen molar-refractivity contribution in [2.24, 2.45) is 0 Å². The minimum Gasteiger partial charge on any atom is -0.496 e. The van der Waals surface area contributed by atoms with Crippen molar-refractivity contribution in [3.8, 4) is 17.2 Å². The van der Waals surface area contributed by atoms with Gasteiger partial charge in [-0.05, 0) is 56.1 Å². The predicted molar refractivity (Wildman–Crippen MR) is 86.3 cm³/mol. The highest BCUT2D eigenvalue weighted by Crippen LogP contribution is 2.39. The first-order chi connectivity index (χ1) is 9.92. The molecule has 0 bridgehead atoms. The van der Waals surface area contributed by atoms with Crippen LogP contribution in [0.25, 0.3) is 0 Å². The van der Waals surface area contributed by atoms with E-state index in [2.05, 4.69) is 31.9 Å². The maximum absolute atomic E-state index is 11.2. The van der Waals surface area contributed by atoms with E-state index >= 15 is 0 Å². The molecule has 0 unspecified atom stereocenters. The third kappa shape index (κ3) is 3.48. The molecule has 0 amide bonds. The SMILES string of the molecule is COc1cc(Br)c(Oc2cc(N)ccc2C(=O)O)cc1Br. The standard InChI is InChI=1S/C14H11Br2NO4/c1-20-12-5-10(16)13(6-9(12)15)21-11-4-7(17)2-3-8(11)14(18)19/h2-6H,17H2,1H3,(H,18,19). The number of halogens is 2. The van der Waals surface area contributed by atoms with E-state index in [1.54, 1.807) is 19.2 Å². The molecule has 0 atom stereocenters.